The summed E-state index contributed by atoms with van der Waals surface area (Å²) in [7, 11) is 1.73. The molecule has 0 spiro atoms. The van der Waals surface area contributed by atoms with Crippen molar-refractivity contribution in [3.63, 3.8) is 0 Å². The van der Waals surface area contributed by atoms with Gasteiger partial charge in [0.15, 0.2) is 0 Å². The van der Waals surface area contributed by atoms with Crippen LogP contribution in [0.25, 0.3) is 0 Å². The van der Waals surface area contributed by atoms with Crippen molar-refractivity contribution in [1.29, 1.82) is 0 Å². The number of halogens is 2. The van der Waals surface area contributed by atoms with Gasteiger partial charge in [0.1, 0.15) is 11.6 Å². The predicted octanol–water partition coefficient (Wildman–Crippen LogP) is 3.30. The minimum absolute atomic E-state index is 0.0559. The van der Waals surface area contributed by atoms with E-state index in [0.29, 0.717) is 11.3 Å². The van der Waals surface area contributed by atoms with Crippen LogP contribution in [-0.2, 0) is 6.54 Å². The van der Waals surface area contributed by atoms with Crippen LogP contribution in [0, 0.1) is 11.6 Å². The Morgan fingerprint density at radius 1 is 1.10 bits per heavy atom. The fourth-order valence-electron chi connectivity index (χ4n) is 1.94. The lowest BCUT2D eigenvalue weighted by atomic mass is 10.1. The summed E-state index contributed by atoms with van der Waals surface area (Å²) in [4.78, 5) is 12.8. The molecule has 104 valence electrons. The van der Waals surface area contributed by atoms with Crippen molar-refractivity contribution >= 4 is 11.7 Å². The molecule has 0 bridgehead atoms. The number of benzene rings is 2. The summed E-state index contributed by atoms with van der Waals surface area (Å²) in [5, 5.41) is 9.09. The SMILES string of the molecule is CN(Cc1cc(F)ccc1C(=O)O)c1ccc(F)cc1. The number of hydrogen-bond acceptors (Lipinski definition) is 2. The van der Waals surface area contributed by atoms with E-state index in [1.165, 1.54) is 24.3 Å². The molecule has 2 rings (SSSR count). The van der Waals surface area contributed by atoms with Gasteiger partial charge in [0.05, 0.1) is 5.56 Å². The normalized spacial score (nSPS) is 10.3. The van der Waals surface area contributed by atoms with Crippen LogP contribution in [0.3, 0.4) is 0 Å². The number of anilines is 1. The van der Waals surface area contributed by atoms with Crippen LogP contribution in [0.5, 0.6) is 0 Å². The quantitative estimate of drug-likeness (QED) is 0.932. The summed E-state index contributed by atoms with van der Waals surface area (Å²) in [5.41, 5.74) is 1.14. The number of carbonyl (C=O) groups is 1. The Balaban J connectivity index is 2.27. The summed E-state index contributed by atoms with van der Waals surface area (Å²) < 4.78 is 26.1. The molecule has 3 nitrogen and oxygen atoms in total. The highest BCUT2D eigenvalue weighted by Crippen LogP contribution is 2.19. The van der Waals surface area contributed by atoms with Gasteiger partial charge in [-0.1, -0.05) is 0 Å². The molecule has 0 aliphatic carbocycles. The predicted molar refractivity (Wildman–Crippen MR) is 71.9 cm³/mol. The standard InChI is InChI=1S/C15H13F2NO2/c1-18(13-5-2-11(16)3-6-13)9-10-8-12(17)4-7-14(10)15(19)20/h2-8H,9H2,1H3,(H,19,20). The van der Waals surface area contributed by atoms with E-state index in [1.807, 2.05) is 0 Å². The van der Waals surface area contributed by atoms with E-state index in [0.717, 1.165) is 6.07 Å². The first-order chi connectivity index (χ1) is 9.47. The van der Waals surface area contributed by atoms with E-state index < -0.39 is 11.8 Å². The lowest BCUT2D eigenvalue weighted by Gasteiger charge is -2.20. The number of rotatable bonds is 4. The summed E-state index contributed by atoms with van der Waals surface area (Å²) >= 11 is 0. The molecule has 0 heterocycles. The van der Waals surface area contributed by atoms with E-state index in [-0.39, 0.29) is 17.9 Å². The number of nitrogens with zero attached hydrogens (tertiary/aromatic N) is 1. The van der Waals surface area contributed by atoms with Crippen LogP contribution in [0.15, 0.2) is 42.5 Å². The first-order valence-electron chi connectivity index (χ1n) is 5.96. The monoisotopic (exact) mass is 277 g/mol. The van der Waals surface area contributed by atoms with E-state index in [2.05, 4.69) is 0 Å². The maximum atomic E-state index is 13.3. The molecule has 2 aromatic carbocycles. The molecule has 0 saturated carbocycles. The second kappa shape index (κ2) is 5.69. The average molecular weight is 277 g/mol. The largest absolute Gasteiger partial charge is 0.478 e. The molecule has 0 fully saturated rings. The Morgan fingerprint density at radius 2 is 1.70 bits per heavy atom. The van der Waals surface area contributed by atoms with Gasteiger partial charge in [-0.3, -0.25) is 0 Å². The molecule has 0 radical (unpaired) electrons. The lowest BCUT2D eigenvalue weighted by molar-refractivity contribution is 0.0695. The van der Waals surface area contributed by atoms with E-state index in [1.54, 1.807) is 24.1 Å². The van der Waals surface area contributed by atoms with E-state index >= 15 is 0 Å². The molecule has 0 unspecified atom stereocenters. The third kappa shape index (κ3) is 3.12. The van der Waals surface area contributed by atoms with Gasteiger partial charge in [-0.2, -0.15) is 0 Å². The number of hydrogen-bond donors (Lipinski definition) is 1. The summed E-state index contributed by atoms with van der Waals surface area (Å²) in [6, 6.07) is 9.34. The smallest absolute Gasteiger partial charge is 0.336 e. The van der Waals surface area contributed by atoms with Crippen LogP contribution in [0.1, 0.15) is 15.9 Å². The van der Waals surface area contributed by atoms with Crippen molar-refractivity contribution in [2.75, 3.05) is 11.9 Å². The van der Waals surface area contributed by atoms with Gasteiger partial charge < -0.3 is 10.0 Å². The molecular weight excluding hydrogens is 264 g/mol. The zero-order chi connectivity index (χ0) is 14.7. The summed E-state index contributed by atoms with van der Waals surface area (Å²) in [6.45, 7) is 0.213. The van der Waals surface area contributed by atoms with Gasteiger partial charge >= 0.3 is 5.97 Å². The number of aromatic carboxylic acids is 1. The van der Waals surface area contributed by atoms with Crippen LogP contribution in [0.4, 0.5) is 14.5 Å². The van der Waals surface area contributed by atoms with Crippen LogP contribution < -0.4 is 4.90 Å². The molecule has 0 atom stereocenters. The van der Waals surface area contributed by atoms with Crippen molar-refractivity contribution in [3.05, 3.63) is 65.2 Å². The number of carboxylic acid groups (broad SMARTS) is 1. The van der Waals surface area contributed by atoms with Crippen LogP contribution >= 0.6 is 0 Å². The molecular formula is C15H13F2NO2. The van der Waals surface area contributed by atoms with Gasteiger partial charge in [0.25, 0.3) is 0 Å². The first-order valence-corrected chi connectivity index (χ1v) is 5.96. The molecule has 5 heteroatoms. The van der Waals surface area contributed by atoms with Crippen molar-refractivity contribution in [2.45, 2.75) is 6.54 Å². The molecule has 0 aliphatic heterocycles. The maximum absolute atomic E-state index is 13.3. The summed E-state index contributed by atoms with van der Waals surface area (Å²) in [5.74, 6) is -1.94. The zero-order valence-electron chi connectivity index (χ0n) is 10.8. The molecule has 20 heavy (non-hydrogen) atoms. The van der Waals surface area contributed by atoms with Gasteiger partial charge in [-0.15, -0.1) is 0 Å². The Bertz CT molecular complexity index is 626. The van der Waals surface area contributed by atoms with Gasteiger partial charge in [-0.25, -0.2) is 13.6 Å². The van der Waals surface area contributed by atoms with Gasteiger partial charge in [0, 0.05) is 19.3 Å². The average Bonchev–Trinajstić information content (AvgIpc) is 2.39. The topological polar surface area (TPSA) is 40.5 Å². The van der Waals surface area contributed by atoms with Crippen molar-refractivity contribution < 1.29 is 18.7 Å². The maximum Gasteiger partial charge on any atom is 0.336 e. The minimum Gasteiger partial charge on any atom is -0.478 e. The minimum atomic E-state index is -1.10. The highest BCUT2D eigenvalue weighted by Gasteiger charge is 2.13. The van der Waals surface area contributed by atoms with Crippen LogP contribution in [0.2, 0.25) is 0 Å². The second-order valence-electron chi connectivity index (χ2n) is 4.44. The molecule has 2 aromatic rings. The Hall–Kier alpha value is -2.43. The Kier molecular flexibility index (Phi) is 3.98. The van der Waals surface area contributed by atoms with Gasteiger partial charge in [-0.05, 0) is 48.0 Å². The lowest BCUT2D eigenvalue weighted by Crippen LogP contribution is -2.18. The highest BCUT2D eigenvalue weighted by molar-refractivity contribution is 5.89. The van der Waals surface area contributed by atoms with E-state index in [4.69, 9.17) is 5.11 Å². The number of carboxylic acids is 1. The molecule has 0 saturated heterocycles. The zero-order valence-corrected chi connectivity index (χ0v) is 10.8. The van der Waals surface area contributed by atoms with Crippen molar-refractivity contribution in [1.82, 2.24) is 0 Å². The molecule has 0 aromatic heterocycles. The molecule has 1 N–H and O–H groups in total. The summed E-state index contributed by atoms with van der Waals surface area (Å²) in [6.07, 6.45) is 0. The Morgan fingerprint density at radius 3 is 2.30 bits per heavy atom. The first kappa shape index (κ1) is 14.0. The third-order valence-electron chi connectivity index (χ3n) is 2.97. The fourth-order valence-corrected chi connectivity index (χ4v) is 1.94. The highest BCUT2D eigenvalue weighted by atomic mass is 19.1. The molecule has 0 aliphatic rings. The third-order valence-corrected chi connectivity index (χ3v) is 2.97. The van der Waals surface area contributed by atoms with Crippen molar-refractivity contribution in [2.24, 2.45) is 0 Å². The van der Waals surface area contributed by atoms with Crippen molar-refractivity contribution in [3.8, 4) is 0 Å². The second-order valence-corrected chi connectivity index (χ2v) is 4.44. The van der Waals surface area contributed by atoms with Gasteiger partial charge in [0.2, 0.25) is 0 Å². The molecule has 0 amide bonds. The van der Waals surface area contributed by atoms with Crippen LogP contribution in [-0.4, -0.2) is 18.1 Å². The van der Waals surface area contributed by atoms with E-state index in [9.17, 15) is 13.6 Å². The Labute approximate surface area is 115 Å². The fraction of sp³-hybridized carbons (Fsp3) is 0.133.